The largest absolute Gasteiger partial charge is 0.508 e. The van der Waals surface area contributed by atoms with E-state index in [1.807, 2.05) is 0 Å². The number of phenolic OH excluding ortho intramolecular Hbond substituents is 1. The number of aliphatic hydroxyl groups excluding tert-OH is 3. The van der Waals surface area contributed by atoms with Gasteiger partial charge in [0, 0.05) is 12.1 Å². The number of carbonyl (C=O) groups excluding carboxylic acids is 1. The maximum atomic E-state index is 11.8. The molecule has 1 aromatic rings. The number of carboxylic acid groups (broad SMARTS) is 1. The lowest BCUT2D eigenvalue weighted by Crippen LogP contribution is -2.60. The summed E-state index contributed by atoms with van der Waals surface area (Å²) in [5, 5.41) is 47.4. The van der Waals surface area contributed by atoms with E-state index < -0.39 is 42.6 Å². The predicted molar refractivity (Wildman–Crippen MR) is 84.1 cm³/mol. The molecule has 142 valence electrons. The van der Waals surface area contributed by atoms with Gasteiger partial charge in [-0.15, -0.1) is 0 Å². The lowest BCUT2D eigenvalue weighted by atomic mass is 9.99. The highest BCUT2D eigenvalue weighted by molar-refractivity contribution is 5.87. The topological polar surface area (TPSA) is 163 Å². The maximum absolute atomic E-state index is 11.8. The minimum atomic E-state index is -1.88. The van der Waals surface area contributed by atoms with Crippen molar-refractivity contribution in [2.75, 3.05) is 7.11 Å². The third kappa shape index (κ3) is 4.49. The number of hydrogen-bond donors (Lipinski definition) is 5. The highest BCUT2D eigenvalue weighted by Crippen LogP contribution is 2.24. The van der Waals surface area contributed by atoms with Gasteiger partial charge in [0.25, 0.3) is 0 Å². The fourth-order valence-corrected chi connectivity index (χ4v) is 2.29. The number of aliphatic carboxylic acids is 1. The molecular weight excluding hydrogens is 352 g/mol. The van der Waals surface area contributed by atoms with Gasteiger partial charge in [-0.05, 0) is 23.8 Å². The quantitative estimate of drug-likeness (QED) is 0.316. The Morgan fingerprint density at radius 3 is 2.42 bits per heavy atom. The molecule has 0 spiro atoms. The summed E-state index contributed by atoms with van der Waals surface area (Å²) >= 11 is 0. The van der Waals surface area contributed by atoms with Crippen molar-refractivity contribution < 1.29 is 49.3 Å². The molecule has 0 aromatic heterocycles. The van der Waals surface area contributed by atoms with Crippen LogP contribution in [0.4, 0.5) is 0 Å². The molecule has 0 aliphatic carbocycles. The number of ether oxygens (including phenoxy) is 3. The molecule has 26 heavy (non-hydrogen) atoms. The van der Waals surface area contributed by atoms with Gasteiger partial charge in [-0.3, -0.25) is 0 Å². The summed E-state index contributed by atoms with van der Waals surface area (Å²) in [7, 11) is 1.40. The summed E-state index contributed by atoms with van der Waals surface area (Å²) < 4.78 is 14.6. The Morgan fingerprint density at radius 1 is 1.12 bits per heavy atom. The van der Waals surface area contributed by atoms with Crippen molar-refractivity contribution in [3.63, 3.8) is 0 Å². The molecule has 1 heterocycles. The van der Waals surface area contributed by atoms with Crippen LogP contribution in [0, 0.1) is 0 Å². The molecule has 1 aliphatic heterocycles. The molecule has 0 saturated carbocycles. The van der Waals surface area contributed by atoms with Gasteiger partial charge in [-0.1, -0.05) is 0 Å². The first-order valence-electron chi connectivity index (χ1n) is 7.42. The van der Waals surface area contributed by atoms with Gasteiger partial charge in [-0.25, -0.2) is 9.59 Å². The number of phenols is 1. The van der Waals surface area contributed by atoms with Crippen LogP contribution in [0.15, 0.2) is 24.3 Å². The molecule has 5 atom stereocenters. The number of methoxy groups -OCH3 is 1. The molecular formula is C16H18O10. The van der Waals surface area contributed by atoms with E-state index in [1.165, 1.54) is 31.4 Å². The SMILES string of the molecule is COc1cc(O)cc(C=CC(=O)OC2OC(C(=O)O)C(O)C(O)C2O)c1. The van der Waals surface area contributed by atoms with E-state index >= 15 is 0 Å². The zero-order chi connectivity index (χ0) is 19.4. The molecule has 1 aliphatic rings. The van der Waals surface area contributed by atoms with Crippen molar-refractivity contribution in [1.29, 1.82) is 0 Å². The molecule has 1 fully saturated rings. The summed E-state index contributed by atoms with van der Waals surface area (Å²) in [5.74, 6) is -2.34. The molecule has 0 bridgehead atoms. The minimum Gasteiger partial charge on any atom is -0.508 e. The third-order valence-corrected chi connectivity index (χ3v) is 3.61. The van der Waals surface area contributed by atoms with E-state index in [-0.39, 0.29) is 5.75 Å². The number of esters is 1. The van der Waals surface area contributed by atoms with Crippen LogP contribution in [0.2, 0.25) is 0 Å². The molecule has 1 aromatic carbocycles. The van der Waals surface area contributed by atoms with Crippen LogP contribution in [0.5, 0.6) is 11.5 Å². The maximum Gasteiger partial charge on any atom is 0.335 e. The van der Waals surface area contributed by atoms with Crippen LogP contribution in [0.1, 0.15) is 5.56 Å². The highest BCUT2D eigenvalue weighted by Gasteiger charge is 2.48. The Kier molecular flexibility index (Phi) is 6.16. The molecule has 1 saturated heterocycles. The second kappa shape index (κ2) is 8.15. The molecule has 0 radical (unpaired) electrons. The van der Waals surface area contributed by atoms with E-state index in [0.29, 0.717) is 11.3 Å². The molecule has 5 unspecified atom stereocenters. The number of aromatic hydroxyl groups is 1. The van der Waals surface area contributed by atoms with Crippen molar-refractivity contribution in [1.82, 2.24) is 0 Å². The first kappa shape index (κ1) is 19.7. The molecule has 10 heteroatoms. The number of rotatable bonds is 5. The van der Waals surface area contributed by atoms with Crippen molar-refractivity contribution in [2.24, 2.45) is 0 Å². The fourth-order valence-electron chi connectivity index (χ4n) is 2.29. The van der Waals surface area contributed by atoms with Crippen LogP contribution in [0.25, 0.3) is 6.08 Å². The average molecular weight is 370 g/mol. The van der Waals surface area contributed by atoms with E-state index in [1.54, 1.807) is 0 Å². The molecule has 0 amide bonds. The minimum absolute atomic E-state index is 0.0928. The smallest absolute Gasteiger partial charge is 0.335 e. The van der Waals surface area contributed by atoms with E-state index in [2.05, 4.69) is 0 Å². The zero-order valence-corrected chi connectivity index (χ0v) is 13.6. The van der Waals surface area contributed by atoms with Crippen LogP contribution in [-0.4, -0.2) is 75.3 Å². The summed E-state index contributed by atoms with van der Waals surface area (Å²) in [5.41, 5.74) is 0.405. The van der Waals surface area contributed by atoms with Crippen molar-refractivity contribution >= 4 is 18.0 Å². The lowest BCUT2D eigenvalue weighted by Gasteiger charge is -2.37. The summed E-state index contributed by atoms with van der Waals surface area (Å²) in [6, 6.07) is 4.23. The van der Waals surface area contributed by atoms with Gasteiger partial charge in [-0.2, -0.15) is 0 Å². The van der Waals surface area contributed by atoms with Crippen molar-refractivity contribution in [3.05, 3.63) is 29.8 Å². The summed E-state index contributed by atoms with van der Waals surface area (Å²) in [6.45, 7) is 0. The van der Waals surface area contributed by atoms with E-state index in [0.717, 1.165) is 6.08 Å². The van der Waals surface area contributed by atoms with Crippen LogP contribution < -0.4 is 4.74 Å². The van der Waals surface area contributed by atoms with Gasteiger partial charge in [0.05, 0.1) is 7.11 Å². The Hall–Kier alpha value is -2.66. The lowest BCUT2D eigenvalue weighted by molar-refractivity contribution is -0.284. The molecule has 5 N–H and O–H groups in total. The monoisotopic (exact) mass is 370 g/mol. The van der Waals surface area contributed by atoms with Gasteiger partial charge >= 0.3 is 11.9 Å². The standard InChI is InChI=1S/C16H18O10/c1-24-9-5-7(4-8(17)6-9)2-3-10(18)25-16-13(21)11(19)12(20)14(26-16)15(22)23/h2-6,11-14,16-17,19-21H,1H3,(H,22,23). The van der Waals surface area contributed by atoms with Crippen molar-refractivity contribution in [3.8, 4) is 11.5 Å². The second-order valence-corrected chi connectivity index (χ2v) is 5.47. The molecule has 2 rings (SSSR count). The predicted octanol–water partition coefficient (Wildman–Crippen LogP) is -1.15. The van der Waals surface area contributed by atoms with Gasteiger partial charge < -0.3 is 39.7 Å². The first-order chi connectivity index (χ1) is 12.2. The number of benzene rings is 1. The Balaban J connectivity index is 2.06. The van der Waals surface area contributed by atoms with Crippen molar-refractivity contribution in [2.45, 2.75) is 30.7 Å². The number of carboxylic acids is 1. The number of hydrogen-bond acceptors (Lipinski definition) is 9. The average Bonchev–Trinajstić information content (AvgIpc) is 2.59. The number of aliphatic hydroxyl groups is 3. The zero-order valence-electron chi connectivity index (χ0n) is 13.6. The Bertz CT molecular complexity index is 700. The first-order valence-corrected chi connectivity index (χ1v) is 7.42. The third-order valence-electron chi connectivity index (χ3n) is 3.61. The van der Waals surface area contributed by atoms with Gasteiger partial charge in [0.2, 0.25) is 6.29 Å². The Labute approximate surface area is 147 Å². The van der Waals surface area contributed by atoms with Crippen LogP contribution in [0.3, 0.4) is 0 Å². The Morgan fingerprint density at radius 2 is 1.81 bits per heavy atom. The van der Waals surface area contributed by atoms with Gasteiger partial charge in [0.15, 0.2) is 6.10 Å². The van der Waals surface area contributed by atoms with E-state index in [4.69, 9.17) is 19.3 Å². The number of carbonyl (C=O) groups is 2. The van der Waals surface area contributed by atoms with E-state index in [9.17, 15) is 30.0 Å². The molecule has 10 nitrogen and oxygen atoms in total. The van der Waals surface area contributed by atoms with Gasteiger partial charge in [0.1, 0.15) is 29.8 Å². The summed E-state index contributed by atoms with van der Waals surface area (Å²) in [6.07, 6.45) is -7.03. The van der Waals surface area contributed by atoms with Crippen LogP contribution in [-0.2, 0) is 19.1 Å². The summed E-state index contributed by atoms with van der Waals surface area (Å²) in [4.78, 5) is 22.8. The highest BCUT2D eigenvalue weighted by atomic mass is 16.7. The fraction of sp³-hybridized carbons (Fsp3) is 0.375. The second-order valence-electron chi connectivity index (χ2n) is 5.47. The normalized spacial score (nSPS) is 28.7. The van der Waals surface area contributed by atoms with Crippen LogP contribution >= 0.6 is 0 Å².